The average molecular weight is 183 g/mol. The second-order valence-corrected chi connectivity index (χ2v) is 3.76. The fourth-order valence-electron chi connectivity index (χ4n) is 1.11. The molecule has 1 unspecified atom stereocenters. The predicted octanol–water partition coefficient (Wildman–Crippen LogP) is 1.95. The molecule has 0 N–H and O–H groups in total. The molecule has 0 saturated heterocycles. The van der Waals surface area contributed by atoms with E-state index in [1.807, 2.05) is 13.8 Å². The molecule has 0 radical (unpaired) electrons. The standard InChI is InChI=1S/C10H14FNO/c1-4-5-6-8(11)9-12-10(2,3)7-13-9/h1,8H,5-7H2,2-3H3. The van der Waals surface area contributed by atoms with Crippen molar-refractivity contribution < 1.29 is 9.13 Å². The van der Waals surface area contributed by atoms with Crippen LogP contribution in [0.25, 0.3) is 0 Å². The maximum atomic E-state index is 13.3. The molecule has 1 heterocycles. The predicted molar refractivity (Wildman–Crippen MR) is 50.4 cm³/mol. The molecule has 0 aromatic carbocycles. The summed E-state index contributed by atoms with van der Waals surface area (Å²) in [6.07, 6.45) is 4.61. The number of hydrogen-bond acceptors (Lipinski definition) is 2. The molecule has 1 aliphatic heterocycles. The summed E-state index contributed by atoms with van der Waals surface area (Å²) in [6, 6.07) is 0. The number of nitrogens with zero attached hydrogens (tertiary/aromatic N) is 1. The van der Waals surface area contributed by atoms with Crippen molar-refractivity contribution >= 4 is 5.90 Å². The third-order valence-corrected chi connectivity index (χ3v) is 1.80. The van der Waals surface area contributed by atoms with Crippen molar-refractivity contribution in [2.24, 2.45) is 4.99 Å². The van der Waals surface area contributed by atoms with Crippen LogP contribution in [0.4, 0.5) is 4.39 Å². The van der Waals surface area contributed by atoms with E-state index >= 15 is 0 Å². The third-order valence-electron chi connectivity index (χ3n) is 1.80. The van der Waals surface area contributed by atoms with Crippen molar-refractivity contribution in [1.29, 1.82) is 0 Å². The Morgan fingerprint density at radius 3 is 2.92 bits per heavy atom. The van der Waals surface area contributed by atoms with Gasteiger partial charge in [0.1, 0.15) is 6.61 Å². The van der Waals surface area contributed by atoms with E-state index < -0.39 is 6.17 Å². The van der Waals surface area contributed by atoms with Gasteiger partial charge in [-0.1, -0.05) is 0 Å². The zero-order valence-electron chi connectivity index (χ0n) is 8.01. The van der Waals surface area contributed by atoms with E-state index in [0.29, 0.717) is 19.4 Å². The summed E-state index contributed by atoms with van der Waals surface area (Å²) < 4.78 is 18.4. The van der Waals surface area contributed by atoms with E-state index in [1.54, 1.807) is 0 Å². The molecule has 2 nitrogen and oxygen atoms in total. The van der Waals surface area contributed by atoms with Crippen LogP contribution in [0.5, 0.6) is 0 Å². The first-order valence-corrected chi connectivity index (χ1v) is 4.35. The fraction of sp³-hybridized carbons (Fsp3) is 0.700. The summed E-state index contributed by atoms with van der Waals surface area (Å²) in [7, 11) is 0. The van der Waals surface area contributed by atoms with Gasteiger partial charge in [-0.3, -0.25) is 0 Å². The van der Waals surface area contributed by atoms with E-state index in [2.05, 4.69) is 10.9 Å². The molecule has 0 amide bonds. The molecular formula is C10H14FNO. The number of rotatable bonds is 3. The number of terminal acetylenes is 1. The minimum Gasteiger partial charge on any atom is -0.476 e. The molecule has 0 bridgehead atoms. The Kier molecular flexibility index (Phi) is 2.92. The van der Waals surface area contributed by atoms with Gasteiger partial charge >= 0.3 is 0 Å². The highest BCUT2D eigenvalue weighted by Crippen LogP contribution is 2.20. The molecule has 0 spiro atoms. The normalized spacial score (nSPS) is 21.5. The molecule has 0 aromatic heterocycles. The van der Waals surface area contributed by atoms with Gasteiger partial charge in [0.25, 0.3) is 0 Å². The van der Waals surface area contributed by atoms with Gasteiger partial charge in [0.2, 0.25) is 5.90 Å². The van der Waals surface area contributed by atoms with Gasteiger partial charge in [-0.2, -0.15) is 0 Å². The zero-order chi connectivity index (χ0) is 9.90. The highest BCUT2D eigenvalue weighted by Gasteiger charge is 2.30. The van der Waals surface area contributed by atoms with Crippen LogP contribution < -0.4 is 0 Å². The molecule has 13 heavy (non-hydrogen) atoms. The first-order chi connectivity index (χ1) is 6.05. The van der Waals surface area contributed by atoms with Crippen molar-refractivity contribution in [3.63, 3.8) is 0 Å². The fourth-order valence-corrected chi connectivity index (χ4v) is 1.11. The van der Waals surface area contributed by atoms with E-state index in [0.717, 1.165) is 0 Å². The van der Waals surface area contributed by atoms with Gasteiger partial charge in [-0.05, 0) is 20.3 Å². The lowest BCUT2D eigenvalue weighted by molar-refractivity contribution is 0.248. The van der Waals surface area contributed by atoms with Crippen molar-refractivity contribution in [3.8, 4) is 12.3 Å². The van der Waals surface area contributed by atoms with Crippen LogP contribution in [0.2, 0.25) is 0 Å². The highest BCUT2D eigenvalue weighted by atomic mass is 19.1. The SMILES string of the molecule is C#CCCC(F)C1=NC(C)(C)CO1. The zero-order valence-corrected chi connectivity index (χ0v) is 8.01. The Labute approximate surface area is 78.2 Å². The minimum atomic E-state index is -1.14. The Balaban J connectivity index is 2.50. The maximum absolute atomic E-state index is 13.3. The lowest BCUT2D eigenvalue weighted by atomic mass is 10.1. The summed E-state index contributed by atoms with van der Waals surface area (Å²) in [5.41, 5.74) is -0.282. The van der Waals surface area contributed by atoms with Gasteiger partial charge in [0.05, 0.1) is 5.54 Å². The molecule has 0 aromatic rings. The van der Waals surface area contributed by atoms with Crippen LogP contribution in [0.15, 0.2) is 4.99 Å². The van der Waals surface area contributed by atoms with Gasteiger partial charge in [0, 0.05) is 6.42 Å². The number of aliphatic imine (C=N–C) groups is 1. The lowest BCUT2D eigenvalue weighted by Crippen LogP contribution is -2.17. The summed E-state index contributed by atoms with van der Waals surface area (Å²) in [5, 5.41) is 0. The minimum absolute atomic E-state index is 0.209. The molecular weight excluding hydrogens is 169 g/mol. The highest BCUT2D eigenvalue weighted by molar-refractivity contribution is 5.82. The molecule has 0 aliphatic carbocycles. The quantitative estimate of drug-likeness (QED) is 0.613. The summed E-state index contributed by atoms with van der Waals surface area (Å²) in [4.78, 5) is 4.12. The Hall–Kier alpha value is -1.04. The van der Waals surface area contributed by atoms with Gasteiger partial charge in [-0.15, -0.1) is 12.3 Å². The van der Waals surface area contributed by atoms with Gasteiger partial charge in [0.15, 0.2) is 6.17 Å². The molecule has 0 fully saturated rings. The Morgan fingerprint density at radius 2 is 2.46 bits per heavy atom. The average Bonchev–Trinajstić information content (AvgIpc) is 2.42. The largest absolute Gasteiger partial charge is 0.476 e. The monoisotopic (exact) mass is 183 g/mol. The number of hydrogen-bond donors (Lipinski definition) is 0. The topological polar surface area (TPSA) is 21.6 Å². The van der Waals surface area contributed by atoms with Crippen molar-refractivity contribution in [1.82, 2.24) is 0 Å². The first kappa shape index (κ1) is 10.0. The van der Waals surface area contributed by atoms with Gasteiger partial charge < -0.3 is 4.74 Å². The molecule has 72 valence electrons. The lowest BCUT2D eigenvalue weighted by Gasteiger charge is -2.07. The summed E-state index contributed by atoms with van der Waals surface area (Å²) in [5.74, 6) is 2.60. The van der Waals surface area contributed by atoms with Crippen LogP contribution in [0.1, 0.15) is 26.7 Å². The summed E-state index contributed by atoms with van der Waals surface area (Å²) in [6.45, 7) is 4.28. The van der Waals surface area contributed by atoms with Crippen molar-refractivity contribution in [3.05, 3.63) is 0 Å². The van der Waals surface area contributed by atoms with Crippen LogP contribution in [-0.4, -0.2) is 24.2 Å². The molecule has 3 heteroatoms. The van der Waals surface area contributed by atoms with E-state index in [9.17, 15) is 4.39 Å². The molecule has 1 aliphatic rings. The number of halogens is 1. The molecule has 1 rings (SSSR count). The summed E-state index contributed by atoms with van der Waals surface area (Å²) >= 11 is 0. The molecule has 1 atom stereocenters. The van der Waals surface area contributed by atoms with Crippen molar-refractivity contribution in [2.75, 3.05) is 6.61 Å². The van der Waals surface area contributed by atoms with E-state index in [-0.39, 0.29) is 11.4 Å². The van der Waals surface area contributed by atoms with E-state index in [1.165, 1.54) is 0 Å². The Morgan fingerprint density at radius 1 is 1.77 bits per heavy atom. The second-order valence-electron chi connectivity index (χ2n) is 3.76. The number of ether oxygens (including phenoxy) is 1. The van der Waals surface area contributed by atoms with Crippen LogP contribution in [-0.2, 0) is 4.74 Å². The third kappa shape index (κ3) is 2.73. The van der Waals surface area contributed by atoms with Crippen LogP contribution in [0, 0.1) is 12.3 Å². The van der Waals surface area contributed by atoms with Crippen LogP contribution >= 0.6 is 0 Å². The second kappa shape index (κ2) is 3.78. The van der Waals surface area contributed by atoms with E-state index in [4.69, 9.17) is 11.2 Å². The van der Waals surface area contributed by atoms with Crippen LogP contribution in [0.3, 0.4) is 0 Å². The first-order valence-electron chi connectivity index (χ1n) is 4.35. The Bertz CT molecular complexity index is 252. The maximum Gasteiger partial charge on any atom is 0.219 e. The molecule has 0 saturated carbocycles. The van der Waals surface area contributed by atoms with Gasteiger partial charge in [-0.25, -0.2) is 9.38 Å². The van der Waals surface area contributed by atoms with Crippen molar-refractivity contribution in [2.45, 2.75) is 38.4 Å². The smallest absolute Gasteiger partial charge is 0.219 e. The number of alkyl halides is 1.